The monoisotopic (exact) mass is 377 g/mol. The summed E-state index contributed by atoms with van der Waals surface area (Å²) >= 11 is 6.13. The quantitative estimate of drug-likeness (QED) is 0.837. The van der Waals surface area contributed by atoms with Crippen molar-refractivity contribution in [1.29, 1.82) is 0 Å². The standard InChI is InChI=1S/C19H18ClF2N3O/c20-13-4-2-6-15-16(13)18(26)24-19(23-15)7-9-25(10-8-19)11-12-3-1-5-14(21)17(12)22/h1-6,23H,7-11H2,(H,24,26). The summed E-state index contributed by atoms with van der Waals surface area (Å²) < 4.78 is 27.2. The molecule has 2 aliphatic heterocycles. The molecule has 2 N–H and O–H groups in total. The van der Waals surface area contributed by atoms with Crippen LogP contribution in [-0.2, 0) is 6.54 Å². The van der Waals surface area contributed by atoms with E-state index in [1.165, 1.54) is 6.07 Å². The summed E-state index contributed by atoms with van der Waals surface area (Å²) in [7, 11) is 0. The molecule has 4 rings (SSSR count). The predicted octanol–water partition coefficient (Wildman–Crippen LogP) is 3.77. The van der Waals surface area contributed by atoms with Crippen LogP contribution < -0.4 is 10.6 Å². The lowest BCUT2D eigenvalue weighted by Gasteiger charge is -2.46. The minimum absolute atomic E-state index is 0.186. The molecule has 26 heavy (non-hydrogen) atoms. The largest absolute Gasteiger partial charge is 0.362 e. The molecule has 2 aromatic rings. The van der Waals surface area contributed by atoms with Crippen LogP contribution in [0.15, 0.2) is 36.4 Å². The summed E-state index contributed by atoms with van der Waals surface area (Å²) in [5.74, 6) is -1.81. The summed E-state index contributed by atoms with van der Waals surface area (Å²) in [5.41, 5.74) is 1.000. The van der Waals surface area contributed by atoms with Gasteiger partial charge in [0.05, 0.1) is 16.3 Å². The number of carbonyl (C=O) groups excluding carboxylic acids is 1. The van der Waals surface area contributed by atoms with E-state index in [9.17, 15) is 13.6 Å². The van der Waals surface area contributed by atoms with E-state index in [4.69, 9.17) is 11.6 Å². The van der Waals surface area contributed by atoms with E-state index in [1.54, 1.807) is 12.1 Å². The molecule has 1 fully saturated rings. The van der Waals surface area contributed by atoms with Crippen LogP contribution in [0.3, 0.4) is 0 Å². The van der Waals surface area contributed by atoms with Crippen molar-refractivity contribution in [3.63, 3.8) is 0 Å². The van der Waals surface area contributed by atoms with Gasteiger partial charge in [0.2, 0.25) is 0 Å². The fourth-order valence-electron chi connectivity index (χ4n) is 3.68. The zero-order valence-corrected chi connectivity index (χ0v) is 14.7. The van der Waals surface area contributed by atoms with Gasteiger partial charge in [0.1, 0.15) is 5.66 Å². The van der Waals surface area contributed by atoms with Crippen molar-refractivity contribution >= 4 is 23.2 Å². The summed E-state index contributed by atoms with van der Waals surface area (Å²) in [6.07, 6.45) is 1.31. The number of nitrogens with one attached hydrogen (secondary N) is 2. The number of hydrogen-bond acceptors (Lipinski definition) is 3. The molecule has 0 unspecified atom stereocenters. The van der Waals surface area contributed by atoms with Gasteiger partial charge in [-0.3, -0.25) is 9.69 Å². The number of benzene rings is 2. The summed E-state index contributed by atoms with van der Waals surface area (Å²) in [4.78, 5) is 14.6. The molecule has 0 radical (unpaired) electrons. The van der Waals surface area contributed by atoms with Gasteiger partial charge in [0, 0.05) is 38.0 Å². The highest BCUT2D eigenvalue weighted by Crippen LogP contribution is 2.34. The number of amides is 1. The molecule has 1 spiro atoms. The van der Waals surface area contributed by atoms with Crippen LogP contribution in [0.25, 0.3) is 0 Å². The van der Waals surface area contributed by atoms with Crippen molar-refractivity contribution in [3.8, 4) is 0 Å². The van der Waals surface area contributed by atoms with Gasteiger partial charge in [-0.05, 0) is 18.2 Å². The summed E-state index contributed by atoms with van der Waals surface area (Å²) in [5, 5.41) is 6.87. The lowest BCUT2D eigenvalue weighted by Crippen LogP contribution is -2.62. The Bertz CT molecular complexity index is 866. The van der Waals surface area contributed by atoms with Gasteiger partial charge in [0.25, 0.3) is 5.91 Å². The third-order valence-electron chi connectivity index (χ3n) is 5.10. The van der Waals surface area contributed by atoms with Crippen molar-refractivity contribution < 1.29 is 13.6 Å². The normalized spacial score (nSPS) is 19.0. The maximum absolute atomic E-state index is 13.9. The van der Waals surface area contributed by atoms with Crippen LogP contribution in [0.1, 0.15) is 28.8 Å². The second-order valence-electron chi connectivity index (χ2n) is 6.81. The Labute approximate surface area is 155 Å². The Hall–Kier alpha value is -2.18. The fourth-order valence-corrected chi connectivity index (χ4v) is 3.94. The fraction of sp³-hybridized carbons (Fsp3) is 0.316. The number of likely N-dealkylation sites (tertiary alicyclic amines) is 1. The van der Waals surface area contributed by atoms with Gasteiger partial charge in [-0.25, -0.2) is 8.78 Å². The first kappa shape index (κ1) is 17.2. The van der Waals surface area contributed by atoms with Crippen LogP contribution in [0, 0.1) is 11.6 Å². The zero-order chi connectivity index (χ0) is 18.3. The van der Waals surface area contributed by atoms with Crippen LogP contribution >= 0.6 is 11.6 Å². The maximum atomic E-state index is 13.9. The molecule has 2 heterocycles. The van der Waals surface area contributed by atoms with Gasteiger partial charge in [-0.15, -0.1) is 0 Å². The Balaban J connectivity index is 1.47. The minimum Gasteiger partial charge on any atom is -0.362 e. The molecule has 2 aromatic carbocycles. The Morgan fingerprint density at radius 2 is 1.81 bits per heavy atom. The van der Waals surface area contributed by atoms with Gasteiger partial charge in [-0.1, -0.05) is 29.8 Å². The average molecular weight is 378 g/mol. The number of carbonyl (C=O) groups is 1. The number of nitrogens with zero attached hydrogens (tertiary/aromatic N) is 1. The van der Waals surface area contributed by atoms with Crippen LogP contribution in [0.4, 0.5) is 14.5 Å². The summed E-state index contributed by atoms with van der Waals surface area (Å²) in [6.45, 7) is 1.65. The molecule has 1 amide bonds. The van der Waals surface area contributed by atoms with E-state index in [1.807, 2.05) is 12.1 Å². The molecule has 136 valence electrons. The highest BCUT2D eigenvalue weighted by Gasteiger charge is 2.40. The third kappa shape index (κ3) is 3.04. The number of hydrogen-bond donors (Lipinski definition) is 2. The lowest BCUT2D eigenvalue weighted by molar-refractivity contribution is 0.0821. The van der Waals surface area contributed by atoms with Gasteiger partial charge < -0.3 is 10.6 Å². The highest BCUT2D eigenvalue weighted by molar-refractivity contribution is 6.34. The molecule has 4 nitrogen and oxygen atoms in total. The first-order chi connectivity index (χ1) is 12.5. The molecule has 0 aromatic heterocycles. The molecule has 0 bridgehead atoms. The highest BCUT2D eigenvalue weighted by atomic mass is 35.5. The van der Waals surface area contributed by atoms with E-state index in [-0.39, 0.29) is 5.91 Å². The molecule has 7 heteroatoms. The minimum atomic E-state index is -0.828. The molecule has 2 aliphatic rings. The first-order valence-corrected chi connectivity index (χ1v) is 8.90. The van der Waals surface area contributed by atoms with E-state index in [2.05, 4.69) is 15.5 Å². The predicted molar refractivity (Wildman–Crippen MR) is 96.1 cm³/mol. The molecular formula is C19H18ClF2N3O. The smallest absolute Gasteiger partial charge is 0.256 e. The Kier molecular flexibility index (Phi) is 4.32. The van der Waals surface area contributed by atoms with Crippen LogP contribution in [0.5, 0.6) is 0 Å². The zero-order valence-electron chi connectivity index (χ0n) is 14.0. The number of rotatable bonds is 2. The van der Waals surface area contributed by atoms with E-state index < -0.39 is 17.3 Å². The van der Waals surface area contributed by atoms with Gasteiger partial charge >= 0.3 is 0 Å². The van der Waals surface area contributed by atoms with Crippen molar-refractivity contribution in [2.45, 2.75) is 25.0 Å². The second kappa shape index (κ2) is 6.52. The molecule has 1 saturated heterocycles. The number of halogens is 3. The van der Waals surface area contributed by atoms with Crippen LogP contribution in [-0.4, -0.2) is 29.6 Å². The van der Waals surface area contributed by atoms with E-state index >= 15 is 0 Å². The topological polar surface area (TPSA) is 44.4 Å². The van der Waals surface area contributed by atoms with Crippen molar-refractivity contribution in [2.75, 3.05) is 18.4 Å². The Morgan fingerprint density at radius 3 is 2.58 bits per heavy atom. The molecule has 0 saturated carbocycles. The molecule has 0 aliphatic carbocycles. The number of fused-ring (bicyclic) bond motifs is 1. The molecule has 0 atom stereocenters. The SMILES string of the molecule is O=C1NC2(CCN(Cc3cccc(F)c3F)CC2)Nc2cccc(Cl)c21. The van der Waals surface area contributed by atoms with Crippen molar-refractivity contribution in [3.05, 3.63) is 64.2 Å². The first-order valence-electron chi connectivity index (χ1n) is 8.52. The average Bonchev–Trinajstić information content (AvgIpc) is 2.61. The van der Waals surface area contributed by atoms with E-state index in [0.717, 1.165) is 11.8 Å². The number of anilines is 1. The van der Waals surface area contributed by atoms with Gasteiger partial charge in [-0.2, -0.15) is 0 Å². The number of piperidine rings is 1. The van der Waals surface area contributed by atoms with Gasteiger partial charge in [0.15, 0.2) is 11.6 Å². The summed E-state index contributed by atoms with van der Waals surface area (Å²) in [6, 6.07) is 9.58. The molecular weight excluding hydrogens is 360 g/mol. The Morgan fingerprint density at radius 1 is 1.08 bits per heavy atom. The van der Waals surface area contributed by atoms with Crippen molar-refractivity contribution in [1.82, 2.24) is 10.2 Å². The van der Waals surface area contributed by atoms with Crippen molar-refractivity contribution in [2.24, 2.45) is 0 Å². The maximum Gasteiger partial charge on any atom is 0.256 e. The van der Waals surface area contributed by atoms with Crippen LogP contribution in [0.2, 0.25) is 5.02 Å². The lowest BCUT2D eigenvalue weighted by atomic mass is 9.92. The van der Waals surface area contributed by atoms with E-state index in [0.29, 0.717) is 48.6 Å². The second-order valence-corrected chi connectivity index (χ2v) is 7.22. The third-order valence-corrected chi connectivity index (χ3v) is 5.42.